The van der Waals surface area contributed by atoms with Crippen LogP contribution in [0.15, 0.2) is 0 Å². The van der Waals surface area contributed by atoms with Crippen LogP contribution in [0.25, 0.3) is 0 Å². The molecule has 1 rings (SSSR count). The normalized spacial score (nSPS) is 24.5. The summed E-state index contributed by atoms with van der Waals surface area (Å²) in [6.07, 6.45) is -0.250. The molecule has 0 N–H and O–H groups in total. The van der Waals surface area contributed by atoms with Crippen LogP contribution in [0.3, 0.4) is 0 Å². The van der Waals surface area contributed by atoms with Crippen molar-refractivity contribution < 1.29 is 19.0 Å². The van der Waals surface area contributed by atoms with Crippen molar-refractivity contribution in [2.75, 3.05) is 13.2 Å². The third-order valence-corrected chi connectivity index (χ3v) is 1.48. The third kappa shape index (κ3) is 2.48. The molecule has 0 aromatic rings. The molecule has 11 heavy (non-hydrogen) atoms. The molecule has 1 aliphatic rings. The summed E-state index contributed by atoms with van der Waals surface area (Å²) in [6.45, 7) is 4.88. The summed E-state index contributed by atoms with van der Waals surface area (Å²) < 4.78 is 15.1. The van der Waals surface area contributed by atoms with Crippen molar-refractivity contribution in [3.05, 3.63) is 0 Å². The first-order valence-electron chi connectivity index (χ1n) is 3.51. The van der Waals surface area contributed by atoms with Crippen molar-refractivity contribution in [2.45, 2.75) is 25.7 Å². The summed E-state index contributed by atoms with van der Waals surface area (Å²) in [5.74, 6) is -0.539. The van der Waals surface area contributed by atoms with Crippen LogP contribution in [-0.2, 0) is 19.0 Å². The molecule has 4 nitrogen and oxygen atoms in total. The molecule has 0 bridgehead atoms. The van der Waals surface area contributed by atoms with Gasteiger partial charge in [0.2, 0.25) is 0 Å². The number of carbonyl (C=O) groups excluding carboxylic acids is 1. The van der Waals surface area contributed by atoms with E-state index in [0.717, 1.165) is 0 Å². The van der Waals surface area contributed by atoms with Gasteiger partial charge in [0.05, 0.1) is 13.2 Å². The summed E-state index contributed by atoms with van der Waals surface area (Å²) in [4.78, 5) is 9.90. The van der Waals surface area contributed by atoms with E-state index in [0.29, 0.717) is 19.7 Å². The summed E-state index contributed by atoms with van der Waals surface area (Å²) in [6, 6.07) is 0. The quantitative estimate of drug-likeness (QED) is 0.545. The molecule has 1 fully saturated rings. The van der Waals surface area contributed by atoms with Gasteiger partial charge in [-0.25, -0.2) is 0 Å². The highest BCUT2D eigenvalue weighted by atomic mass is 16.7. The van der Waals surface area contributed by atoms with E-state index in [2.05, 4.69) is 4.74 Å². The van der Waals surface area contributed by atoms with Gasteiger partial charge in [-0.2, -0.15) is 0 Å². The Balaban J connectivity index is 2.30. The molecular formula is C7H12O4. The number of rotatable bonds is 2. The molecule has 0 aliphatic carbocycles. The Morgan fingerprint density at radius 3 is 2.45 bits per heavy atom. The minimum Gasteiger partial charge on any atom is -0.460 e. The van der Waals surface area contributed by atoms with Crippen LogP contribution < -0.4 is 0 Å². The fraction of sp³-hybridized carbons (Fsp3) is 0.857. The van der Waals surface area contributed by atoms with Crippen molar-refractivity contribution in [3.8, 4) is 0 Å². The predicted molar refractivity (Wildman–Crippen MR) is 36.9 cm³/mol. The Labute approximate surface area is 65.4 Å². The van der Waals surface area contributed by atoms with E-state index in [1.54, 1.807) is 0 Å². The van der Waals surface area contributed by atoms with Gasteiger partial charge in [-0.05, 0) is 13.8 Å². The zero-order chi connectivity index (χ0) is 8.32. The predicted octanol–water partition coefficient (Wildman–Crippen LogP) is 0.311. The fourth-order valence-electron chi connectivity index (χ4n) is 0.834. The van der Waals surface area contributed by atoms with E-state index in [1.165, 1.54) is 0 Å². The second-order valence-electron chi connectivity index (χ2n) is 2.88. The van der Waals surface area contributed by atoms with Crippen molar-refractivity contribution in [3.63, 3.8) is 0 Å². The van der Waals surface area contributed by atoms with E-state index < -0.39 is 5.79 Å². The second-order valence-corrected chi connectivity index (χ2v) is 2.88. The summed E-state index contributed by atoms with van der Waals surface area (Å²) in [5, 5.41) is 0. The number of ether oxygens (including phenoxy) is 3. The molecule has 0 aromatic carbocycles. The SMILES string of the molecule is CC1(C)OCC(OC=O)CO1. The molecule has 1 saturated heterocycles. The van der Waals surface area contributed by atoms with Gasteiger partial charge in [0.1, 0.15) is 6.10 Å². The Hall–Kier alpha value is -0.610. The second kappa shape index (κ2) is 3.19. The van der Waals surface area contributed by atoms with Crippen LogP contribution in [0.5, 0.6) is 0 Å². The van der Waals surface area contributed by atoms with E-state index in [4.69, 9.17) is 9.47 Å². The van der Waals surface area contributed by atoms with Gasteiger partial charge in [-0.1, -0.05) is 0 Å². The number of hydrogen-bond donors (Lipinski definition) is 0. The monoisotopic (exact) mass is 160 g/mol. The van der Waals surface area contributed by atoms with Gasteiger partial charge in [-0.3, -0.25) is 4.79 Å². The lowest BCUT2D eigenvalue weighted by Crippen LogP contribution is -2.42. The molecule has 0 amide bonds. The molecular weight excluding hydrogens is 148 g/mol. The van der Waals surface area contributed by atoms with Crippen LogP contribution in [0, 0.1) is 0 Å². The first-order valence-corrected chi connectivity index (χ1v) is 3.51. The zero-order valence-electron chi connectivity index (χ0n) is 6.70. The maximum atomic E-state index is 9.90. The first kappa shape index (κ1) is 8.49. The van der Waals surface area contributed by atoms with Crippen LogP contribution >= 0.6 is 0 Å². The molecule has 0 atom stereocenters. The van der Waals surface area contributed by atoms with Crippen LogP contribution in [-0.4, -0.2) is 31.6 Å². The average Bonchev–Trinajstić information content (AvgIpc) is 1.94. The summed E-state index contributed by atoms with van der Waals surface area (Å²) >= 11 is 0. The van der Waals surface area contributed by atoms with Crippen molar-refractivity contribution in [1.82, 2.24) is 0 Å². The van der Waals surface area contributed by atoms with Gasteiger partial charge >= 0.3 is 0 Å². The molecule has 0 aromatic heterocycles. The Morgan fingerprint density at radius 1 is 1.45 bits per heavy atom. The van der Waals surface area contributed by atoms with E-state index in [-0.39, 0.29) is 6.10 Å². The third-order valence-electron chi connectivity index (χ3n) is 1.48. The highest BCUT2D eigenvalue weighted by Gasteiger charge is 2.28. The lowest BCUT2D eigenvalue weighted by atomic mass is 10.3. The standard InChI is InChI=1S/C7H12O4/c1-7(2)10-3-6(4-11-7)9-5-8/h5-6H,3-4H2,1-2H3. The maximum Gasteiger partial charge on any atom is 0.293 e. The van der Waals surface area contributed by atoms with Crippen LogP contribution in [0.1, 0.15) is 13.8 Å². The van der Waals surface area contributed by atoms with Gasteiger partial charge in [-0.15, -0.1) is 0 Å². The Morgan fingerprint density at radius 2 is 2.00 bits per heavy atom. The lowest BCUT2D eigenvalue weighted by Gasteiger charge is -2.33. The Bertz CT molecular complexity index is 133. The minimum atomic E-state index is -0.539. The molecule has 1 aliphatic heterocycles. The molecule has 1 heterocycles. The fourth-order valence-corrected chi connectivity index (χ4v) is 0.834. The Kier molecular flexibility index (Phi) is 2.46. The molecule has 0 unspecified atom stereocenters. The number of carbonyl (C=O) groups is 1. The highest BCUT2D eigenvalue weighted by molar-refractivity contribution is 5.37. The number of hydrogen-bond acceptors (Lipinski definition) is 4. The van der Waals surface area contributed by atoms with Gasteiger partial charge < -0.3 is 14.2 Å². The van der Waals surface area contributed by atoms with Crippen LogP contribution in [0.2, 0.25) is 0 Å². The van der Waals surface area contributed by atoms with Crippen molar-refractivity contribution >= 4 is 6.47 Å². The average molecular weight is 160 g/mol. The largest absolute Gasteiger partial charge is 0.460 e. The van der Waals surface area contributed by atoms with E-state index in [1.807, 2.05) is 13.8 Å². The maximum absolute atomic E-state index is 9.90. The topological polar surface area (TPSA) is 44.8 Å². The minimum absolute atomic E-state index is 0.250. The first-order chi connectivity index (χ1) is 5.14. The van der Waals surface area contributed by atoms with Gasteiger partial charge in [0, 0.05) is 0 Å². The smallest absolute Gasteiger partial charge is 0.293 e. The summed E-state index contributed by atoms with van der Waals surface area (Å²) in [5.41, 5.74) is 0. The zero-order valence-corrected chi connectivity index (χ0v) is 6.70. The molecule has 4 heteroatoms. The van der Waals surface area contributed by atoms with Gasteiger partial charge in [0.15, 0.2) is 5.79 Å². The highest BCUT2D eigenvalue weighted by Crippen LogP contribution is 2.17. The lowest BCUT2D eigenvalue weighted by molar-refractivity contribution is -0.274. The van der Waals surface area contributed by atoms with Crippen molar-refractivity contribution in [2.24, 2.45) is 0 Å². The van der Waals surface area contributed by atoms with E-state index >= 15 is 0 Å². The van der Waals surface area contributed by atoms with Crippen LogP contribution in [0.4, 0.5) is 0 Å². The van der Waals surface area contributed by atoms with Gasteiger partial charge in [0.25, 0.3) is 6.47 Å². The molecule has 0 saturated carbocycles. The molecule has 0 spiro atoms. The summed E-state index contributed by atoms with van der Waals surface area (Å²) in [7, 11) is 0. The molecule has 0 radical (unpaired) electrons. The van der Waals surface area contributed by atoms with E-state index in [9.17, 15) is 4.79 Å². The van der Waals surface area contributed by atoms with Crippen molar-refractivity contribution in [1.29, 1.82) is 0 Å². The molecule has 64 valence electrons.